The van der Waals surface area contributed by atoms with E-state index in [1.165, 1.54) is 0 Å². The zero-order valence-electron chi connectivity index (χ0n) is 10.1. The second-order valence-corrected chi connectivity index (χ2v) is 6.21. The summed E-state index contributed by atoms with van der Waals surface area (Å²) in [5, 5.41) is 3.19. The Morgan fingerprint density at radius 2 is 2.00 bits per heavy atom. The van der Waals surface area contributed by atoms with Gasteiger partial charge >= 0.3 is 0 Å². The fraction of sp³-hybridized carbons (Fsp3) is 1.00. The lowest BCUT2D eigenvalue weighted by atomic mass is 10.1. The summed E-state index contributed by atoms with van der Waals surface area (Å²) in [7, 11) is 0.451. The summed E-state index contributed by atoms with van der Waals surface area (Å²) < 4.78 is 30.3. The van der Waals surface area contributed by atoms with Crippen LogP contribution in [0.5, 0.6) is 0 Å². The molecule has 0 radical (unpaired) electrons. The highest BCUT2D eigenvalue weighted by Crippen LogP contribution is 2.14. The summed E-state index contributed by atoms with van der Waals surface area (Å²) in [5.41, 5.74) is 0. The fourth-order valence-corrected chi connectivity index (χ4v) is 3.45. The summed E-state index contributed by atoms with van der Waals surface area (Å²) in [5.74, 6) is 0.199. The normalized spacial score (nSPS) is 20.1. The quantitative estimate of drug-likeness (QED) is 0.676. The van der Waals surface area contributed by atoms with E-state index in [1.54, 1.807) is 11.4 Å². The van der Waals surface area contributed by atoms with Crippen molar-refractivity contribution in [2.75, 3.05) is 39.6 Å². The van der Waals surface area contributed by atoms with Crippen LogP contribution in [0.1, 0.15) is 19.3 Å². The number of methoxy groups -OCH3 is 1. The molecule has 0 aromatic heterocycles. The Morgan fingerprint density at radius 1 is 1.38 bits per heavy atom. The molecule has 0 aromatic carbocycles. The van der Waals surface area contributed by atoms with Crippen molar-refractivity contribution >= 4 is 10.0 Å². The molecule has 1 rings (SSSR count). The van der Waals surface area contributed by atoms with Gasteiger partial charge in [0.15, 0.2) is 0 Å². The highest BCUT2D eigenvalue weighted by atomic mass is 32.2. The van der Waals surface area contributed by atoms with Crippen LogP contribution in [0, 0.1) is 0 Å². The summed E-state index contributed by atoms with van der Waals surface area (Å²) >= 11 is 0. The van der Waals surface area contributed by atoms with E-state index < -0.39 is 10.0 Å². The van der Waals surface area contributed by atoms with Crippen molar-refractivity contribution in [1.82, 2.24) is 9.62 Å². The Bertz CT molecular complexity index is 284. The van der Waals surface area contributed by atoms with E-state index in [0.29, 0.717) is 32.2 Å². The Labute approximate surface area is 98.2 Å². The van der Waals surface area contributed by atoms with Crippen molar-refractivity contribution in [1.29, 1.82) is 0 Å². The second-order valence-electron chi connectivity index (χ2n) is 4.12. The van der Waals surface area contributed by atoms with Gasteiger partial charge in [-0.05, 0) is 26.3 Å². The SMILES string of the molecule is CNC1CCN(S(=O)(=O)CCCOC)CC1. The van der Waals surface area contributed by atoms with E-state index in [0.717, 1.165) is 12.8 Å². The minimum Gasteiger partial charge on any atom is -0.385 e. The third-order valence-electron chi connectivity index (χ3n) is 3.01. The van der Waals surface area contributed by atoms with Gasteiger partial charge in [-0.25, -0.2) is 12.7 Å². The van der Waals surface area contributed by atoms with Gasteiger partial charge in [0.1, 0.15) is 0 Å². The molecular formula is C10H22N2O3S. The number of hydrogen-bond donors (Lipinski definition) is 1. The van der Waals surface area contributed by atoms with Gasteiger partial charge in [-0.15, -0.1) is 0 Å². The molecule has 1 aliphatic rings. The number of nitrogens with zero attached hydrogens (tertiary/aromatic N) is 1. The molecule has 0 spiro atoms. The van der Waals surface area contributed by atoms with Crippen LogP contribution in [0.3, 0.4) is 0 Å². The third-order valence-corrected chi connectivity index (χ3v) is 4.96. The lowest BCUT2D eigenvalue weighted by Gasteiger charge is -2.30. The van der Waals surface area contributed by atoms with Crippen LogP contribution in [0.15, 0.2) is 0 Å². The molecule has 1 heterocycles. The zero-order chi connectivity index (χ0) is 12.0. The van der Waals surface area contributed by atoms with Gasteiger partial charge in [0.25, 0.3) is 0 Å². The minimum atomic E-state index is -3.06. The Kier molecular flexibility index (Phi) is 5.68. The van der Waals surface area contributed by atoms with Crippen LogP contribution < -0.4 is 5.32 Å². The molecule has 0 unspecified atom stereocenters. The first kappa shape index (κ1) is 13.9. The standard InChI is InChI=1S/C10H22N2O3S/c1-11-10-4-6-12(7-5-10)16(13,14)9-3-8-15-2/h10-11H,3-9H2,1-2H3. The number of nitrogens with one attached hydrogen (secondary N) is 1. The van der Waals surface area contributed by atoms with Gasteiger partial charge in [-0.3, -0.25) is 0 Å². The maximum atomic E-state index is 11.9. The molecule has 6 heteroatoms. The maximum absolute atomic E-state index is 11.9. The molecule has 0 aromatic rings. The topological polar surface area (TPSA) is 58.6 Å². The molecule has 1 saturated heterocycles. The molecule has 0 amide bonds. The summed E-state index contributed by atoms with van der Waals surface area (Å²) in [6, 6.07) is 0.463. The summed E-state index contributed by atoms with van der Waals surface area (Å²) in [6.07, 6.45) is 2.38. The lowest BCUT2D eigenvalue weighted by Crippen LogP contribution is -2.44. The predicted octanol–water partition coefficient (Wildman–Crippen LogP) is 0.0365. The van der Waals surface area contributed by atoms with Crippen molar-refractivity contribution in [2.45, 2.75) is 25.3 Å². The number of piperidine rings is 1. The number of rotatable bonds is 6. The average Bonchev–Trinajstić information content (AvgIpc) is 2.29. The van der Waals surface area contributed by atoms with Crippen molar-refractivity contribution in [3.05, 3.63) is 0 Å². The number of ether oxygens (including phenoxy) is 1. The van der Waals surface area contributed by atoms with Crippen LogP contribution in [0.2, 0.25) is 0 Å². The van der Waals surface area contributed by atoms with E-state index in [2.05, 4.69) is 5.32 Å². The van der Waals surface area contributed by atoms with E-state index >= 15 is 0 Å². The van der Waals surface area contributed by atoms with E-state index in [-0.39, 0.29) is 5.75 Å². The largest absolute Gasteiger partial charge is 0.385 e. The van der Waals surface area contributed by atoms with Crippen LogP contribution in [0.4, 0.5) is 0 Å². The Morgan fingerprint density at radius 3 is 2.50 bits per heavy atom. The van der Waals surface area contributed by atoms with Gasteiger partial charge < -0.3 is 10.1 Å². The van der Waals surface area contributed by atoms with Gasteiger partial charge in [0.2, 0.25) is 10.0 Å². The van der Waals surface area contributed by atoms with Gasteiger partial charge in [-0.2, -0.15) is 0 Å². The van der Waals surface area contributed by atoms with Gasteiger partial charge in [0, 0.05) is 32.8 Å². The van der Waals surface area contributed by atoms with Crippen molar-refractivity contribution in [3.8, 4) is 0 Å². The lowest BCUT2D eigenvalue weighted by molar-refractivity contribution is 0.199. The fourth-order valence-electron chi connectivity index (χ4n) is 1.94. The molecule has 0 aliphatic carbocycles. The van der Waals surface area contributed by atoms with Crippen LogP contribution >= 0.6 is 0 Å². The summed E-state index contributed by atoms with van der Waals surface area (Å²) in [6.45, 7) is 1.79. The second kappa shape index (κ2) is 6.54. The molecule has 0 bridgehead atoms. The maximum Gasteiger partial charge on any atom is 0.214 e. The smallest absolute Gasteiger partial charge is 0.214 e. The Hall–Kier alpha value is -0.170. The van der Waals surface area contributed by atoms with Crippen LogP contribution in [0.25, 0.3) is 0 Å². The molecule has 0 atom stereocenters. The van der Waals surface area contributed by atoms with Crippen molar-refractivity contribution in [2.24, 2.45) is 0 Å². The van der Waals surface area contributed by atoms with E-state index in [4.69, 9.17) is 4.74 Å². The molecule has 5 nitrogen and oxygen atoms in total. The summed E-state index contributed by atoms with van der Waals surface area (Å²) in [4.78, 5) is 0. The van der Waals surface area contributed by atoms with Crippen molar-refractivity contribution in [3.63, 3.8) is 0 Å². The Balaban J connectivity index is 2.39. The average molecular weight is 250 g/mol. The molecule has 0 saturated carbocycles. The van der Waals surface area contributed by atoms with Gasteiger partial charge in [-0.1, -0.05) is 0 Å². The third kappa shape index (κ3) is 4.01. The first-order valence-electron chi connectivity index (χ1n) is 5.74. The molecule has 1 N–H and O–H groups in total. The van der Waals surface area contributed by atoms with Crippen LogP contribution in [-0.4, -0.2) is 58.4 Å². The molecule has 96 valence electrons. The minimum absolute atomic E-state index is 0.199. The zero-order valence-corrected chi connectivity index (χ0v) is 10.9. The number of sulfonamides is 1. The molecule has 1 fully saturated rings. The van der Waals surface area contributed by atoms with Crippen molar-refractivity contribution < 1.29 is 13.2 Å². The predicted molar refractivity (Wildman–Crippen MR) is 63.9 cm³/mol. The molecule has 1 aliphatic heterocycles. The molecule has 16 heavy (non-hydrogen) atoms. The monoisotopic (exact) mass is 250 g/mol. The van der Waals surface area contributed by atoms with E-state index in [1.807, 2.05) is 7.05 Å². The van der Waals surface area contributed by atoms with Gasteiger partial charge in [0.05, 0.1) is 5.75 Å². The number of hydrogen-bond acceptors (Lipinski definition) is 4. The first-order chi connectivity index (χ1) is 7.60. The first-order valence-corrected chi connectivity index (χ1v) is 7.35. The highest BCUT2D eigenvalue weighted by Gasteiger charge is 2.26. The van der Waals surface area contributed by atoms with E-state index in [9.17, 15) is 8.42 Å². The highest BCUT2D eigenvalue weighted by molar-refractivity contribution is 7.89. The van der Waals surface area contributed by atoms with Crippen LogP contribution in [-0.2, 0) is 14.8 Å². The molecular weight excluding hydrogens is 228 g/mol.